The number of alkyl halides is 1. The van der Waals surface area contributed by atoms with Gasteiger partial charge in [-0.25, -0.2) is 4.79 Å². The molecule has 0 aliphatic heterocycles. The van der Waals surface area contributed by atoms with Crippen LogP contribution in [-0.4, -0.2) is 17.3 Å². The summed E-state index contributed by atoms with van der Waals surface area (Å²) >= 11 is 5.54. The topological polar surface area (TPSA) is 58.2 Å². The molecule has 0 heterocycles. The predicted molar refractivity (Wildman–Crippen MR) is 68.4 cm³/mol. The largest absolute Gasteiger partial charge is 0.325 e. The van der Waals surface area contributed by atoms with Crippen LogP contribution < -0.4 is 10.6 Å². The van der Waals surface area contributed by atoms with Crippen molar-refractivity contribution in [1.82, 2.24) is 5.32 Å². The van der Waals surface area contributed by atoms with Crippen LogP contribution in [0, 0.1) is 13.8 Å². The number of urea groups is 1. The van der Waals surface area contributed by atoms with Crippen LogP contribution in [0.15, 0.2) is 18.2 Å². The third-order valence-corrected chi connectivity index (χ3v) is 2.43. The van der Waals surface area contributed by atoms with Crippen molar-refractivity contribution in [3.05, 3.63) is 29.3 Å². The van der Waals surface area contributed by atoms with Crippen molar-refractivity contribution in [2.75, 3.05) is 5.32 Å². The Bertz CT molecular complexity index is 444. The van der Waals surface area contributed by atoms with Crippen LogP contribution >= 0.6 is 11.6 Å². The van der Waals surface area contributed by atoms with Gasteiger partial charge in [0, 0.05) is 5.69 Å². The summed E-state index contributed by atoms with van der Waals surface area (Å²) in [6.45, 7) is 5.35. The molecule has 0 fully saturated rings. The van der Waals surface area contributed by atoms with Crippen LogP contribution in [0.3, 0.4) is 0 Å². The van der Waals surface area contributed by atoms with Gasteiger partial charge in [0.15, 0.2) is 0 Å². The molecular formula is C12H15ClN2O2. The monoisotopic (exact) mass is 254 g/mol. The summed E-state index contributed by atoms with van der Waals surface area (Å²) < 4.78 is 0. The molecule has 0 aromatic heterocycles. The van der Waals surface area contributed by atoms with Crippen molar-refractivity contribution < 1.29 is 9.59 Å². The van der Waals surface area contributed by atoms with Gasteiger partial charge in [-0.3, -0.25) is 10.1 Å². The number of hydrogen-bond donors (Lipinski definition) is 2. The lowest BCUT2D eigenvalue weighted by Gasteiger charge is -2.10. The molecule has 0 aliphatic carbocycles. The van der Waals surface area contributed by atoms with Gasteiger partial charge in [0.05, 0.1) is 0 Å². The van der Waals surface area contributed by atoms with Gasteiger partial charge < -0.3 is 5.32 Å². The quantitative estimate of drug-likeness (QED) is 0.797. The maximum atomic E-state index is 11.5. The van der Waals surface area contributed by atoms with E-state index in [9.17, 15) is 9.59 Å². The van der Waals surface area contributed by atoms with Gasteiger partial charge in [0.1, 0.15) is 5.38 Å². The minimum Gasteiger partial charge on any atom is -0.307 e. The number of benzene rings is 1. The zero-order chi connectivity index (χ0) is 13.0. The van der Waals surface area contributed by atoms with E-state index in [1.54, 1.807) is 6.07 Å². The number of rotatable bonds is 2. The number of carbonyl (C=O) groups excluding carboxylic acids is 2. The first-order chi connectivity index (χ1) is 7.90. The van der Waals surface area contributed by atoms with Crippen LogP contribution in [0.2, 0.25) is 0 Å². The summed E-state index contributed by atoms with van der Waals surface area (Å²) in [4.78, 5) is 22.6. The van der Waals surface area contributed by atoms with Crippen molar-refractivity contribution in [2.24, 2.45) is 0 Å². The number of anilines is 1. The Labute approximate surface area is 105 Å². The summed E-state index contributed by atoms with van der Waals surface area (Å²) in [5.74, 6) is -0.520. The number of imide groups is 1. The molecule has 0 saturated heterocycles. The van der Waals surface area contributed by atoms with Gasteiger partial charge in [-0.15, -0.1) is 11.6 Å². The van der Waals surface area contributed by atoms with Crippen LogP contribution in [0.1, 0.15) is 18.1 Å². The lowest BCUT2D eigenvalue weighted by molar-refractivity contribution is -0.119. The van der Waals surface area contributed by atoms with Crippen molar-refractivity contribution in [2.45, 2.75) is 26.1 Å². The Morgan fingerprint density at radius 3 is 2.47 bits per heavy atom. The average molecular weight is 255 g/mol. The number of nitrogens with one attached hydrogen (secondary N) is 2. The number of carbonyl (C=O) groups is 2. The highest BCUT2D eigenvalue weighted by Gasteiger charge is 2.13. The minimum atomic E-state index is -0.736. The third kappa shape index (κ3) is 4.07. The molecule has 1 aromatic rings. The van der Waals surface area contributed by atoms with Gasteiger partial charge in [-0.1, -0.05) is 17.7 Å². The van der Waals surface area contributed by atoms with E-state index in [-0.39, 0.29) is 0 Å². The Kier molecular flexibility index (Phi) is 4.52. The van der Waals surface area contributed by atoms with Crippen molar-refractivity contribution in [1.29, 1.82) is 0 Å². The Hall–Kier alpha value is -1.55. The maximum Gasteiger partial charge on any atom is 0.325 e. The fraction of sp³-hybridized carbons (Fsp3) is 0.333. The Morgan fingerprint density at radius 1 is 1.29 bits per heavy atom. The van der Waals surface area contributed by atoms with Crippen molar-refractivity contribution in [3.8, 4) is 0 Å². The van der Waals surface area contributed by atoms with Crippen LogP contribution in [0.5, 0.6) is 0 Å². The highest BCUT2D eigenvalue weighted by atomic mass is 35.5. The first kappa shape index (κ1) is 13.5. The van der Waals surface area contributed by atoms with E-state index in [0.717, 1.165) is 11.1 Å². The lowest BCUT2D eigenvalue weighted by Crippen LogP contribution is -2.38. The molecule has 0 bridgehead atoms. The fourth-order valence-electron chi connectivity index (χ4n) is 1.32. The van der Waals surface area contributed by atoms with E-state index in [2.05, 4.69) is 10.6 Å². The molecule has 1 atom stereocenters. The van der Waals surface area contributed by atoms with Gasteiger partial charge in [0.2, 0.25) is 5.91 Å². The molecule has 2 N–H and O–H groups in total. The number of hydrogen-bond acceptors (Lipinski definition) is 2. The summed E-state index contributed by atoms with van der Waals surface area (Å²) in [5, 5.41) is 4.01. The maximum absolute atomic E-state index is 11.5. The van der Waals surface area contributed by atoms with Gasteiger partial charge >= 0.3 is 6.03 Å². The zero-order valence-corrected chi connectivity index (χ0v) is 10.8. The first-order valence-electron chi connectivity index (χ1n) is 5.23. The van der Waals surface area contributed by atoms with E-state index >= 15 is 0 Å². The SMILES string of the molecule is Cc1ccc(NC(=O)NC(=O)C(C)Cl)c(C)c1. The molecule has 0 spiro atoms. The third-order valence-electron chi connectivity index (χ3n) is 2.23. The zero-order valence-electron chi connectivity index (χ0n) is 10.0. The molecule has 4 nitrogen and oxygen atoms in total. The van der Waals surface area contributed by atoms with Crippen LogP contribution in [-0.2, 0) is 4.79 Å². The molecule has 3 amide bonds. The molecule has 92 valence electrons. The molecular weight excluding hydrogens is 240 g/mol. The van der Waals surface area contributed by atoms with Crippen LogP contribution in [0.4, 0.5) is 10.5 Å². The molecule has 5 heteroatoms. The van der Waals surface area contributed by atoms with E-state index in [1.807, 2.05) is 26.0 Å². The summed E-state index contributed by atoms with van der Waals surface area (Å²) in [7, 11) is 0. The molecule has 1 rings (SSSR count). The average Bonchev–Trinajstić information content (AvgIpc) is 2.22. The van der Waals surface area contributed by atoms with Gasteiger partial charge in [-0.05, 0) is 32.4 Å². The van der Waals surface area contributed by atoms with Gasteiger partial charge in [0.25, 0.3) is 0 Å². The van der Waals surface area contributed by atoms with Gasteiger partial charge in [-0.2, -0.15) is 0 Å². The highest BCUT2D eigenvalue weighted by molar-refractivity contribution is 6.31. The fourth-order valence-corrected chi connectivity index (χ4v) is 1.37. The number of halogens is 1. The molecule has 1 aromatic carbocycles. The smallest absolute Gasteiger partial charge is 0.307 e. The molecule has 0 aliphatic rings. The van der Waals surface area contributed by atoms with E-state index in [4.69, 9.17) is 11.6 Å². The summed E-state index contributed by atoms with van der Waals surface area (Å²) in [5.41, 5.74) is 2.72. The van der Waals surface area contributed by atoms with E-state index in [1.165, 1.54) is 6.92 Å². The van der Waals surface area contributed by atoms with E-state index in [0.29, 0.717) is 5.69 Å². The Morgan fingerprint density at radius 2 is 1.94 bits per heavy atom. The summed E-state index contributed by atoms with van der Waals surface area (Å²) in [6.07, 6.45) is 0. The number of aryl methyl sites for hydroxylation is 2. The molecule has 1 unspecified atom stereocenters. The molecule has 17 heavy (non-hydrogen) atoms. The van der Waals surface area contributed by atoms with Crippen LogP contribution in [0.25, 0.3) is 0 Å². The van der Waals surface area contributed by atoms with E-state index < -0.39 is 17.3 Å². The second-order valence-electron chi connectivity index (χ2n) is 3.88. The lowest BCUT2D eigenvalue weighted by atomic mass is 10.1. The van der Waals surface area contributed by atoms with Crippen molar-refractivity contribution in [3.63, 3.8) is 0 Å². The predicted octanol–water partition coefficient (Wildman–Crippen LogP) is 2.58. The highest BCUT2D eigenvalue weighted by Crippen LogP contribution is 2.15. The molecule has 0 saturated carbocycles. The standard InChI is InChI=1S/C12H15ClN2O2/c1-7-4-5-10(8(2)6-7)14-12(17)15-11(16)9(3)13/h4-6,9H,1-3H3,(H2,14,15,16,17). The first-order valence-corrected chi connectivity index (χ1v) is 5.67. The molecule has 0 radical (unpaired) electrons. The second-order valence-corrected chi connectivity index (χ2v) is 4.53. The second kappa shape index (κ2) is 5.68. The number of amides is 3. The Balaban J connectivity index is 2.65. The normalized spacial score (nSPS) is 11.8. The summed E-state index contributed by atoms with van der Waals surface area (Å²) in [6, 6.07) is 5.05. The minimum absolute atomic E-state index is 0.520. The van der Waals surface area contributed by atoms with Crippen molar-refractivity contribution >= 4 is 29.2 Å².